The van der Waals surface area contributed by atoms with Crippen LogP contribution in [0.25, 0.3) is 0 Å². The predicted molar refractivity (Wildman–Crippen MR) is 100 cm³/mol. The van der Waals surface area contributed by atoms with Crippen LogP contribution in [0.4, 0.5) is 15.2 Å². The maximum atomic E-state index is 13.1. The van der Waals surface area contributed by atoms with Gasteiger partial charge in [0.05, 0.1) is 5.02 Å². The second-order valence-electron chi connectivity index (χ2n) is 5.90. The van der Waals surface area contributed by atoms with E-state index in [0.29, 0.717) is 16.7 Å². The zero-order chi connectivity index (χ0) is 19.1. The Labute approximate surface area is 159 Å². The maximum Gasteiger partial charge on any atom is 0.358 e. The average molecular weight is 400 g/mol. The van der Waals surface area contributed by atoms with Crippen LogP contribution in [0.3, 0.4) is 0 Å². The number of halogens is 2. The van der Waals surface area contributed by atoms with Gasteiger partial charge in [-0.15, -0.1) is 11.3 Å². The lowest BCUT2D eigenvalue weighted by Gasteiger charge is -2.06. The first kappa shape index (κ1) is 20.1. The van der Waals surface area contributed by atoms with Crippen LogP contribution in [0, 0.1) is 11.7 Å². The number of esters is 1. The summed E-state index contributed by atoms with van der Waals surface area (Å²) in [7, 11) is 0. The van der Waals surface area contributed by atoms with Crippen molar-refractivity contribution >= 4 is 45.6 Å². The van der Waals surface area contributed by atoms with E-state index in [4.69, 9.17) is 16.3 Å². The molecule has 1 heterocycles. The summed E-state index contributed by atoms with van der Waals surface area (Å²) < 4.78 is 18.0. The first-order valence-corrected chi connectivity index (χ1v) is 9.22. The van der Waals surface area contributed by atoms with Crippen molar-refractivity contribution < 1.29 is 18.7 Å². The summed E-state index contributed by atoms with van der Waals surface area (Å²) in [5, 5.41) is 7.68. The number of ether oxygens (including phenoxy) is 1. The molecule has 0 aliphatic rings. The van der Waals surface area contributed by atoms with E-state index >= 15 is 0 Å². The van der Waals surface area contributed by atoms with Crippen molar-refractivity contribution in [2.24, 2.45) is 5.92 Å². The fourth-order valence-electron chi connectivity index (χ4n) is 1.89. The highest BCUT2D eigenvalue weighted by Crippen LogP contribution is 2.19. The van der Waals surface area contributed by atoms with Crippen molar-refractivity contribution in [1.29, 1.82) is 0 Å². The van der Waals surface area contributed by atoms with Crippen LogP contribution in [0.5, 0.6) is 0 Å². The van der Waals surface area contributed by atoms with Gasteiger partial charge in [-0.25, -0.2) is 14.2 Å². The Morgan fingerprint density at radius 3 is 2.85 bits per heavy atom. The number of hydrogen-bond donors (Lipinski definition) is 2. The molecule has 26 heavy (non-hydrogen) atoms. The quantitative estimate of drug-likeness (QED) is 0.650. The number of rotatable bonds is 8. The van der Waals surface area contributed by atoms with Gasteiger partial charge in [-0.2, -0.15) is 0 Å². The van der Waals surface area contributed by atoms with Gasteiger partial charge in [0, 0.05) is 17.6 Å². The van der Waals surface area contributed by atoms with Gasteiger partial charge in [0.25, 0.3) is 5.91 Å². The van der Waals surface area contributed by atoms with Gasteiger partial charge in [0.1, 0.15) is 5.82 Å². The maximum absolute atomic E-state index is 13.1. The van der Waals surface area contributed by atoms with Gasteiger partial charge >= 0.3 is 5.97 Å². The summed E-state index contributed by atoms with van der Waals surface area (Å²) in [4.78, 5) is 27.9. The van der Waals surface area contributed by atoms with Crippen LogP contribution in [-0.4, -0.2) is 30.0 Å². The van der Waals surface area contributed by atoms with Crippen molar-refractivity contribution in [3.8, 4) is 0 Å². The van der Waals surface area contributed by atoms with E-state index in [-0.39, 0.29) is 10.7 Å². The van der Waals surface area contributed by atoms with Crippen LogP contribution in [0.15, 0.2) is 23.6 Å². The summed E-state index contributed by atoms with van der Waals surface area (Å²) >= 11 is 6.93. The normalized spacial score (nSPS) is 10.7. The molecular weight excluding hydrogens is 381 g/mol. The van der Waals surface area contributed by atoms with Gasteiger partial charge < -0.3 is 15.4 Å². The molecule has 9 heteroatoms. The predicted octanol–water partition coefficient (Wildman–Crippen LogP) is 4.19. The molecule has 1 amide bonds. The number of hydrogen-bond acceptors (Lipinski definition) is 6. The summed E-state index contributed by atoms with van der Waals surface area (Å²) in [6.45, 7) is 4.53. The molecule has 2 rings (SSSR count). The van der Waals surface area contributed by atoms with E-state index in [9.17, 15) is 14.0 Å². The molecule has 0 aliphatic carbocycles. The van der Waals surface area contributed by atoms with Crippen LogP contribution < -0.4 is 10.6 Å². The van der Waals surface area contributed by atoms with E-state index in [1.807, 2.05) is 0 Å². The molecule has 0 saturated heterocycles. The van der Waals surface area contributed by atoms with Gasteiger partial charge in [-0.1, -0.05) is 25.4 Å². The van der Waals surface area contributed by atoms with Crippen molar-refractivity contribution in [2.75, 3.05) is 23.8 Å². The van der Waals surface area contributed by atoms with Crippen molar-refractivity contribution in [3.63, 3.8) is 0 Å². The Kier molecular flexibility index (Phi) is 7.35. The first-order chi connectivity index (χ1) is 12.3. The molecule has 2 N–H and O–H groups in total. The standard InChI is InChI=1S/C17H19ClFN3O3S/c1-10(2)5-6-20-17-22-14(9-26-17)16(24)25-8-15(23)21-11-3-4-13(19)12(18)7-11/h3-4,7,9-10H,5-6,8H2,1-2H3,(H,20,22)(H,21,23). The first-order valence-electron chi connectivity index (χ1n) is 7.96. The fourth-order valence-corrected chi connectivity index (χ4v) is 2.78. The highest BCUT2D eigenvalue weighted by Gasteiger charge is 2.14. The van der Waals surface area contributed by atoms with E-state index in [2.05, 4.69) is 29.5 Å². The fraction of sp³-hybridized carbons (Fsp3) is 0.353. The van der Waals surface area contributed by atoms with Crippen molar-refractivity contribution in [1.82, 2.24) is 4.98 Å². The Morgan fingerprint density at radius 1 is 1.38 bits per heavy atom. The Balaban J connectivity index is 1.79. The number of nitrogens with one attached hydrogen (secondary N) is 2. The Bertz CT molecular complexity index is 782. The lowest BCUT2D eigenvalue weighted by Crippen LogP contribution is -2.21. The van der Waals surface area contributed by atoms with Crippen LogP contribution in [-0.2, 0) is 9.53 Å². The highest BCUT2D eigenvalue weighted by atomic mass is 35.5. The summed E-state index contributed by atoms with van der Waals surface area (Å²) in [6, 6.07) is 3.76. The molecule has 1 aromatic carbocycles. The summed E-state index contributed by atoms with van der Waals surface area (Å²) in [6.07, 6.45) is 0.993. The molecule has 0 bridgehead atoms. The van der Waals surface area contributed by atoms with Crippen molar-refractivity contribution in [2.45, 2.75) is 20.3 Å². The molecule has 0 saturated carbocycles. The van der Waals surface area contributed by atoms with Crippen LogP contribution in [0.1, 0.15) is 30.8 Å². The number of nitrogens with zero attached hydrogens (tertiary/aromatic N) is 1. The molecule has 0 unspecified atom stereocenters. The van der Waals surface area contributed by atoms with E-state index in [0.717, 1.165) is 19.0 Å². The lowest BCUT2D eigenvalue weighted by atomic mass is 10.1. The highest BCUT2D eigenvalue weighted by molar-refractivity contribution is 7.13. The largest absolute Gasteiger partial charge is 0.451 e. The third-order valence-corrected chi connectivity index (χ3v) is 4.34. The lowest BCUT2D eigenvalue weighted by molar-refractivity contribution is -0.119. The zero-order valence-electron chi connectivity index (χ0n) is 14.3. The minimum absolute atomic E-state index is 0.111. The monoisotopic (exact) mass is 399 g/mol. The molecule has 0 fully saturated rings. The Hall–Kier alpha value is -2.19. The van der Waals surface area contributed by atoms with E-state index < -0.39 is 24.3 Å². The van der Waals surface area contributed by atoms with Crippen LogP contribution in [0.2, 0.25) is 5.02 Å². The van der Waals surface area contributed by atoms with Gasteiger partial charge in [0.15, 0.2) is 17.4 Å². The summed E-state index contributed by atoms with van der Waals surface area (Å²) in [5.74, 6) is -1.27. The number of carbonyl (C=O) groups excluding carboxylic acids is 2. The molecule has 0 atom stereocenters. The zero-order valence-corrected chi connectivity index (χ0v) is 15.9. The number of thiazole rings is 1. The number of anilines is 2. The third kappa shape index (κ3) is 6.27. The average Bonchev–Trinajstić information content (AvgIpc) is 3.05. The van der Waals surface area contributed by atoms with Crippen molar-refractivity contribution in [3.05, 3.63) is 40.1 Å². The molecule has 1 aromatic heterocycles. The minimum Gasteiger partial charge on any atom is -0.451 e. The van der Waals surface area contributed by atoms with E-state index in [1.165, 1.54) is 23.5 Å². The molecule has 6 nitrogen and oxygen atoms in total. The van der Waals surface area contributed by atoms with Gasteiger partial charge in [-0.05, 0) is 30.5 Å². The molecular formula is C17H19ClFN3O3S. The topological polar surface area (TPSA) is 80.3 Å². The summed E-state index contributed by atoms with van der Waals surface area (Å²) in [5.41, 5.74) is 0.447. The minimum atomic E-state index is -0.689. The van der Waals surface area contributed by atoms with Gasteiger partial charge in [0.2, 0.25) is 0 Å². The second kappa shape index (κ2) is 9.49. The third-order valence-electron chi connectivity index (χ3n) is 3.25. The Morgan fingerprint density at radius 2 is 2.15 bits per heavy atom. The second-order valence-corrected chi connectivity index (χ2v) is 7.17. The van der Waals surface area contributed by atoms with Gasteiger partial charge in [-0.3, -0.25) is 4.79 Å². The van der Waals surface area contributed by atoms with E-state index in [1.54, 1.807) is 5.38 Å². The molecule has 0 spiro atoms. The number of aromatic nitrogens is 1. The molecule has 140 valence electrons. The smallest absolute Gasteiger partial charge is 0.358 e. The number of carbonyl (C=O) groups is 2. The van der Waals surface area contributed by atoms with Crippen LogP contribution >= 0.6 is 22.9 Å². The number of amides is 1. The molecule has 2 aromatic rings. The molecule has 0 aliphatic heterocycles. The molecule has 0 radical (unpaired) electrons. The number of benzene rings is 1. The SMILES string of the molecule is CC(C)CCNc1nc(C(=O)OCC(=O)Nc2ccc(F)c(Cl)c2)cs1.